The van der Waals surface area contributed by atoms with Gasteiger partial charge in [-0.3, -0.25) is 4.79 Å². The van der Waals surface area contributed by atoms with Crippen molar-refractivity contribution >= 4 is 38.8 Å². The summed E-state index contributed by atoms with van der Waals surface area (Å²) in [5.41, 5.74) is 4.38. The molecule has 0 spiro atoms. The number of anilines is 1. The lowest BCUT2D eigenvalue weighted by atomic mass is 9.95. The van der Waals surface area contributed by atoms with Crippen molar-refractivity contribution in [2.24, 2.45) is 11.1 Å². The molecule has 21 heavy (non-hydrogen) atoms. The Bertz CT molecular complexity index is 694. The Morgan fingerprint density at radius 1 is 1.43 bits per heavy atom. The van der Waals surface area contributed by atoms with Crippen molar-refractivity contribution in [1.82, 2.24) is 0 Å². The highest BCUT2D eigenvalue weighted by atomic mass is 32.2. The Balaban J connectivity index is 3.64. The zero-order valence-electron chi connectivity index (χ0n) is 12.1. The summed E-state index contributed by atoms with van der Waals surface area (Å²) in [6.07, 6.45) is 0.878. The normalized spacial score (nSPS) is 12.0. The van der Waals surface area contributed by atoms with Crippen LogP contribution in [0.2, 0.25) is 0 Å². The Labute approximate surface area is 129 Å². The van der Waals surface area contributed by atoms with Gasteiger partial charge in [0.2, 0.25) is 15.9 Å². The lowest BCUT2D eigenvalue weighted by molar-refractivity contribution is -0.124. The minimum absolute atomic E-state index is 0.0377. The molecule has 0 fully saturated rings. The SMILES string of the molecule is CC(C)(C)C(=O)N(c1c[c]c(F)cc1C(N)=S)S(C)(=O)=O. The molecule has 1 rings (SSSR count). The molecule has 1 aromatic rings. The summed E-state index contributed by atoms with van der Waals surface area (Å²) in [6, 6.07) is 4.21. The number of carbonyl (C=O) groups excluding carboxylic acids is 1. The molecule has 2 N–H and O–H groups in total. The van der Waals surface area contributed by atoms with Gasteiger partial charge in [0.05, 0.1) is 11.9 Å². The van der Waals surface area contributed by atoms with Crippen LogP contribution in [-0.2, 0) is 14.8 Å². The van der Waals surface area contributed by atoms with Crippen LogP contribution in [0.15, 0.2) is 12.1 Å². The second-order valence-corrected chi connectivity index (χ2v) is 7.80. The molecule has 0 aliphatic heterocycles. The summed E-state index contributed by atoms with van der Waals surface area (Å²) < 4.78 is 37.8. The fourth-order valence-corrected chi connectivity index (χ4v) is 2.81. The number of nitrogens with two attached hydrogens (primary N) is 1. The van der Waals surface area contributed by atoms with Crippen molar-refractivity contribution in [2.75, 3.05) is 10.6 Å². The van der Waals surface area contributed by atoms with Gasteiger partial charge in [0.25, 0.3) is 0 Å². The molecule has 0 heterocycles. The standard InChI is InChI=1S/C13H16FN2O3S2/c1-13(2,3)12(17)16(21(4,18)19)10-6-5-8(14)7-9(10)11(15)20/h6-7H,1-4H3,(H2,15,20). The van der Waals surface area contributed by atoms with E-state index in [9.17, 15) is 17.6 Å². The van der Waals surface area contributed by atoms with Crippen molar-refractivity contribution in [2.45, 2.75) is 20.8 Å². The van der Waals surface area contributed by atoms with Gasteiger partial charge in [0, 0.05) is 17.0 Å². The van der Waals surface area contributed by atoms with Gasteiger partial charge in [-0.05, 0) is 12.1 Å². The molecule has 1 aromatic carbocycles. The highest BCUT2D eigenvalue weighted by Gasteiger charge is 2.35. The number of carbonyl (C=O) groups is 1. The lowest BCUT2D eigenvalue weighted by Crippen LogP contribution is -2.44. The molecular weight excluding hydrogens is 315 g/mol. The molecule has 1 radical (unpaired) electrons. The van der Waals surface area contributed by atoms with Crippen molar-refractivity contribution < 1.29 is 17.6 Å². The number of nitrogens with zero attached hydrogens (tertiary/aromatic N) is 1. The first-order valence-electron chi connectivity index (χ1n) is 5.91. The zero-order valence-corrected chi connectivity index (χ0v) is 13.7. The van der Waals surface area contributed by atoms with Crippen LogP contribution in [0.3, 0.4) is 0 Å². The average Bonchev–Trinajstić information content (AvgIpc) is 2.27. The maximum atomic E-state index is 13.3. The summed E-state index contributed by atoms with van der Waals surface area (Å²) in [5.74, 6) is -1.43. The summed E-state index contributed by atoms with van der Waals surface area (Å²) in [7, 11) is -3.94. The topological polar surface area (TPSA) is 80.5 Å². The van der Waals surface area contributed by atoms with E-state index in [2.05, 4.69) is 6.07 Å². The minimum atomic E-state index is -3.94. The Morgan fingerprint density at radius 3 is 2.33 bits per heavy atom. The molecule has 8 heteroatoms. The van der Waals surface area contributed by atoms with E-state index in [-0.39, 0.29) is 16.2 Å². The molecular formula is C13H16FN2O3S2. The first kappa shape index (κ1) is 17.5. The van der Waals surface area contributed by atoms with Gasteiger partial charge in [-0.1, -0.05) is 33.0 Å². The molecule has 5 nitrogen and oxygen atoms in total. The van der Waals surface area contributed by atoms with Crippen LogP contribution in [0.1, 0.15) is 26.3 Å². The van der Waals surface area contributed by atoms with Crippen LogP contribution >= 0.6 is 12.2 Å². The van der Waals surface area contributed by atoms with E-state index < -0.39 is 27.2 Å². The average molecular weight is 331 g/mol. The van der Waals surface area contributed by atoms with Gasteiger partial charge < -0.3 is 5.73 Å². The predicted molar refractivity (Wildman–Crippen MR) is 82.9 cm³/mol. The Kier molecular flexibility index (Phi) is 4.74. The summed E-state index contributed by atoms with van der Waals surface area (Å²) in [4.78, 5) is 12.2. The molecule has 1 amide bonds. The monoisotopic (exact) mass is 331 g/mol. The Hall–Kier alpha value is -1.54. The van der Waals surface area contributed by atoms with E-state index in [1.54, 1.807) is 20.8 Å². The number of sulfonamides is 1. The molecule has 0 aliphatic rings. The van der Waals surface area contributed by atoms with Crippen molar-refractivity contribution in [3.8, 4) is 0 Å². The van der Waals surface area contributed by atoms with E-state index in [1.807, 2.05) is 0 Å². The molecule has 115 valence electrons. The number of halogens is 1. The highest BCUT2D eigenvalue weighted by molar-refractivity contribution is 7.92. The molecule has 0 bridgehead atoms. The Morgan fingerprint density at radius 2 is 1.95 bits per heavy atom. The van der Waals surface area contributed by atoms with Crippen molar-refractivity contribution in [3.05, 3.63) is 29.6 Å². The smallest absolute Gasteiger partial charge is 0.246 e. The van der Waals surface area contributed by atoms with Crippen LogP contribution in [0.25, 0.3) is 0 Å². The van der Waals surface area contributed by atoms with Gasteiger partial charge >= 0.3 is 0 Å². The van der Waals surface area contributed by atoms with Crippen LogP contribution in [-0.4, -0.2) is 25.6 Å². The van der Waals surface area contributed by atoms with E-state index >= 15 is 0 Å². The third-order valence-corrected chi connectivity index (χ3v) is 3.78. The first-order chi connectivity index (χ1) is 9.35. The number of hydrogen-bond acceptors (Lipinski definition) is 4. The summed E-state index contributed by atoms with van der Waals surface area (Å²) >= 11 is 4.80. The molecule has 0 unspecified atom stereocenters. The largest absolute Gasteiger partial charge is 0.389 e. The number of thiocarbonyl (C=S) groups is 1. The van der Waals surface area contributed by atoms with Gasteiger partial charge in [0.1, 0.15) is 10.8 Å². The van der Waals surface area contributed by atoms with E-state index in [4.69, 9.17) is 18.0 Å². The van der Waals surface area contributed by atoms with E-state index in [1.165, 1.54) is 0 Å². The highest BCUT2D eigenvalue weighted by Crippen LogP contribution is 2.29. The summed E-state index contributed by atoms with van der Waals surface area (Å²) in [6.45, 7) is 4.71. The van der Waals surface area contributed by atoms with Crippen LogP contribution in [0.4, 0.5) is 10.1 Å². The van der Waals surface area contributed by atoms with Gasteiger partial charge in [0.15, 0.2) is 0 Å². The molecule has 0 aliphatic carbocycles. The molecule has 0 saturated heterocycles. The third kappa shape index (κ3) is 3.98. The zero-order chi connectivity index (χ0) is 16.6. The molecule has 0 aromatic heterocycles. The number of amides is 1. The van der Waals surface area contributed by atoms with E-state index in [0.717, 1.165) is 18.4 Å². The van der Waals surface area contributed by atoms with Crippen LogP contribution in [0.5, 0.6) is 0 Å². The maximum absolute atomic E-state index is 13.3. The molecule has 0 saturated carbocycles. The fourth-order valence-electron chi connectivity index (χ4n) is 1.57. The minimum Gasteiger partial charge on any atom is -0.389 e. The quantitative estimate of drug-likeness (QED) is 0.851. The van der Waals surface area contributed by atoms with Crippen LogP contribution in [0, 0.1) is 17.3 Å². The van der Waals surface area contributed by atoms with Gasteiger partial charge in [-0.15, -0.1) is 0 Å². The van der Waals surface area contributed by atoms with Crippen molar-refractivity contribution in [1.29, 1.82) is 0 Å². The number of benzene rings is 1. The van der Waals surface area contributed by atoms with Gasteiger partial charge in [-0.2, -0.15) is 0 Å². The van der Waals surface area contributed by atoms with Crippen molar-refractivity contribution in [3.63, 3.8) is 0 Å². The predicted octanol–water partition coefficient (Wildman–Crippen LogP) is 1.60. The first-order valence-corrected chi connectivity index (χ1v) is 8.17. The second-order valence-electron chi connectivity index (χ2n) is 5.53. The van der Waals surface area contributed by atoms with E-state index in [0.29, 0.717) is 4.31 Å². The lowest BCUT2D eigenvalue weighted by Gasteiger charge is -2.28. The number of hydrogen-bond donors (Lipinski definition) is 1. The third-order valence-electron chi connectivity index (χ3n) is 2.54. The second kappa shape index (κ2) is 5.69. The van der Waals surface area contributed by atoms with Crippen LogP contribution < -0.4 is 10.0 Å². The van der Waals surface area contributed by atoms with Gasteiger partial charge in [-0.25, -0.2) is 17.1 Å². The summed E-state index contributed by atoms with van der Waals surface area (Å²) in [5, 5.41) is 0. The fraction of sp³-hybridized carbons (Fsp3) is 0.385. The maximum Gasteiger partial charge on any atom is 0.246 e. The number of rotatable bonds is 3. The molecule has 0 atom stereocenters.